The molecule has 2 amide bonds. The van der Waals surface area contributed by atoms with E-state index in [2.05, 4.69) is 10.5 Å². The van der Waals surface area contributed by atoms with E-state index in [0.29, 0.717) is 11.3 Å². The highest BCUT2D eigenvalue weighted by Crippen LogP contribution is 2.35. The Balaban J connectivity index is 3.22. The summed E-state index contributed by atoms with van der Waals surface area (Å²) in [6, 6.07) is 2.78. The molecular weight excluding hydrogens is 246 g/mol. The molecule has 19 heavy (non-hydrogen) atoms. The van der Waals surface area contributed by atoms with Crippen molar-refractivity contribution >= 4 is 12.2 Å². The molecule has 0 aliphatic heterocycles. The molecule has 6 heteroatoms. The van der Waals surface area contributed by atoms with Gasteiger partial charge in [0.05, 0.1) is 13.3 Å². The van der Waals surface area contributed by atoms with Crippen molar-refractivity contribution in [1.29, 1.82) is 0 Å². The molecule has 0 spiro atoms. The van der Waals surface area contributed by atoms with E-state index in [1.165, 1.54) is 13.3 Å². The summed E-state index contributed by atoms with van der Waals surface area (Å²) in [7, 11) is 1.48. The summed E-state index contributed by atoms with van der Waals surface area (Å²) in [5.41, 5.74) is 8.28. The van der Waals surface area contributed by atoms with Crippen molar-refractivity contribution in [2.45, 2.75) is 26.2 Å². The minimum atomic E-state index is -0.769. The van der Waals surface area contributed by atoms with Gasteiger partial charge in [-0.15, -0.1) is 0 Å². The maximum absolute atomic E-state index is 10.5. The molecule has 1 rings (SSSR count). The summed E-state index contributed by atoms with van der Waals surface area (Å²) >= 11 is 0. The Labute approximate surface area is 112 Å². The summed E-state index contributed by atoms with van der Waals surface area (Å²) in [6.07, 6.45) is 1.32. The fourth-order valence-corrected chi connectivity index (χ4v) is 1.48. The molecule has 0 aliphatic rings. The molecule has 0 atom stereocenters. The summed E-state index contributed by atoms with van der Waals surface area (Å²) in [6.45, 7) is 6.13. The highest BCUT2D eigenvalue weighted by Gasteiger charge is 2.18. The average molecular weight is 265 g/mol. The predicted octanol–water partition coefficient (Wildman–Crippen LogP) is 1.70. The van der Waals surface area contributed by atoms with Gasteiger partial charge < -0.3 is 15.6 Å². The van der Waals surface area contributed by atoms with E-state index in [1.54, 1.807) is 12.1 Å². The second-order valence-corrected chi connectivity index (χ2v) is 5.10. The number of phenolic OH excluding ortho intramolecular Hbond substituents is 1. The Kier molecular flexibility index (Phi) is 4.37. The van der Waals surface area contributed by atoms with Crippen molar-refractivity contribution < 1.29 is 14.6 Å². The number of urea groups is 1. The number of amides is 2. The minimum Gasteiger partial charge on any atom is -0.504 e. The van der Waals surface area contributed by atoms with Gasteiger partial charge in [0.1, 0.15) is 0 Å². The van der Waals surface area contributed by atoms with Crippen molar-refractivity contribution in [2.24, 2.45) is 10.8 Å². The molecule has 0 aliphatic carbocycles. The number of rotatable bonds is 3. The van der Waals surface area contributed by atoms with Gasteiger partial charge >= 0.3 is 6.03 Å². The van der Waals surface area contributed by atoms with Crippen LogP contribution in [0.3, 0.4) is 0 Å². The van der Waals surface area contributed by atoms with Crippen LogP contribution < -0.4 is 15.9 Å². The molecule has 1 aromatic carbocycles. The number of ether oxygens (including phenoxy) is 1. The molecule has 0 heterocycles. The van der Waals surface area contributed by atoms with Crippen molar-refractivity contribution in [3.05, 3.63) is 23.3 Å². The molecule has 0 saturated heterocycles. The number of hydrazone groups is 1. The van der Waals surface area contributed by atoms with E-state index >= 15 is 0 Å². The number of primary amides is 1. The maximum Gasteiger partial charge on any atom is 0.332 e. The molecule has 104 valence electrons. The number of phenols is 1. The molecule has 4 N–H and O–H groups in total. The minimum absolute atomic E-state index is 0.0366. The number of nitrogens with one attached hydrogen (secondary N) is 1. The first kappa shape index (κ1) is 14.8. The van der Waals surface area contributed by atoms with Gasteiger partial charge in [-0.3, -0.25) is 0 Å². The highest BCUT2D eigenvalue weighted by atomic mass is 16.5. The van der Waals surface area contributed by atoms with Gasteiger partial charge in [-0.25, -0.2) is 10.2 Å². The number of nitrogens with two attached hydrogens (primary N) is 1. The summed E-state index contributed by atoms with van der Waals surface area (Å²) in [5.74, 6) is 0.318. The van der Waals surface area contributed by atoms with Gasteiger partial charge in [-0.2, -0.15) is 5.10 Å². The van der Waals surface area contributed by atoms with Gasteiger partial charge in [-0.1, -0.05) is 20.8 Å². The average Bonchev–Trinajstić information content (AvgIpc) is 2.29. The third-order valence-electron chi connectivity index (χ3n) is 2.57. The number of carbonyl (C=O) groups excluding carboxylic acids is 1. The van der Waals surface area contributed by atoms with Crippen LogP contribution in [0.4, 0.5) is 4.79 Å². The number of carbonyl (C=O) groups is 1. The Morgan fingerprint density at radius 2 is 2.11 bits per heavy atom. The second kappa shape index (κ2) is 5.60. The topological polar surface area (TPSA) is 96.9 Å². The molecule has 0 aromatic heterocycles. The Morgan fingerprint density at radius 1 is 1.47 bits per heavy atom. The third kappa shape index (κ3) is 3.87. The lowest BCUT2D eigenvalue weighted by Crippen LogP contribution is -2.24. The van der Waals surface area contributed by atoms with Crippen LogP contribution in [0, 0.1) is 0 Å². The zero-order valence-electron chi connectivity index (χ0n) is 11.5. The van der Waals surface area contributed by atoms with E-state index < -0.39 is 6.03 Å². The number of methoxy groups -OCH3 is 1. The maximum atomic E-state index is 10.5. The quantitative estimate of drug-likeness (QED) is 0.573. The van der Waals surface area contributed by atoms with Crippen LogP contribution in [0.1, 0.15) is 31.9 Å². The summed E-state index contributed by atoms with van der Waals surface area (Å²) in [5, 5.41) is 13.6. The third-order valence-corrected chi connectivity index (χ3v) is 2.57. The summed E-state index contributed by atoms with van der Waals surface area (Å²) < 4.78 is 5.13. The van der Waals surface area contributed by atoms with E-state index in [0.717, 1.165) is 5.56 Å². The van der Waals surface area contributed by atoms with Gasteiger partial charge in [0.2, 0.25) is 0 Å². The monoisotopic (exact) mass is 265 g/mol. The lowest BCUT2D eigenvalue weighted by atomic mass is 9.86. The Morgan fingerprint density at radius 3 is 2.58 bits per heavy atom. The van der Waals surface area contributed by atoms with Crippen LogP contribution in [0.2, 0.25) is 0 Å². The Bertz CT molecular complexity index is 505. The molecule has 0 radical (unpaired) electrons. The predicted molar refractivity (Wildman–Crippen MR) is 73.7 cm³/mol. The van der Waals surface area contributed by atoms with Crippen molar-refractivity contribution in [3.63, 3.8) is 0 Å². The van der Waals surface area contributed by atoms with E-state index in [9.17, 15) is 9.90 Å². The Hall–Kier alpha value is -2.24. The van der Waals surface area contributed by atoms with E-state index in [-0.39, 0.29) is 11.2 Å². The molecule has 1 aromatic rings. The smallest absolute Gasteiger partial charge is 0.332 e. The van der Waals surface area contributed by atoms with Crippen LogP contribution in [-0.2, 0) is 5.41 Å². The zero-order valence-corrected chi connectivity index (χ0v) is 11.5. The fraction of sp³-hybridized carbons (Fsp3) is 0.385. The zero-order chi connectivity index (χ0) is 14.6. The first-order valence-corrected chi connectivity index (χ1v) is 5.75. The molecule has 6 nitrogen and oxygen atoms in total. The first-order chi connectivity index (χ1) is 8.75. The van der Waals surface area contributed by atoms with Crippen LogP contribution in [0.25, 0.3) is 0 Å². The van der Waals surface area contributed by atoms with Gasteiger partial charge in [0.25, 0.3) is 0 Å². The van der Waals surface area contributed by atoms with Crippen LogP contribution >= 0.6 is 0 Å². The highest BCUT2D eigenvalue weighted by molar-refractivity contribution is 5.86. The molecule has 0 bridgehead atoms. The lowest BCUT2D eigenvalue weighted by molar-refractivity contribution is 0.249. The van der Waals surface area contributed by atoms with Crippen molar-refractivity contribution in [3.8, 4) is 11.5 Å². The first-order valence-electron chi connectivity index (χ1n) is 5.75. The van der Waals surface area contributed by atoms with Gasteiger partial charge in [-0.05, 0) is 23.1 Å². The molecular formula is C13H19N3O3. The number of hydrogen-bond acceptors (Lipinski definition) is 4. The molecule has 0 fully saturated rings. The van der Waals surface area contributed by atoms with E-state index in [1.807, 2.05) is 20.8 Å². The van der Waals surface area contributed by atoms with E-state index in [4.69, 9.17) is 10.5 Å². The number of aromatic hydroxyl groups is 1. The van der Waals surface area contributed by atoms with Crippen LogP contribution in [0.15, 0.2) is 17.2 Å². The number of nitrogens with zero attached hydrogens (tertiary/aromatic N) is 1. The van der Waals surface area contributed by atoms with Gasteiger partial charge in [0.15, 0.2) is 11.5 Å². The van der Waals surface area contributed by atoms with Gasteiger partial charge in [0, 0.05) is 5.56 Å². The number of benzene rings is 1. The molecule has 0 unspecified atom stereocenters. The number of hydrogen-bond donors (Lipinski definition) is 3. The van der Waals surface area contributed by atoms with Crippen LogP contribution in [-0.4, -0.2) is 24.5 Å². The largest absolute Gasteiger partial charge is 0.504 e. The fourth-order valence-electron chi connectivity index (χ4n) is 1.48. The summed E-state index contributed by atoms with van der Waals surface area (Å²) in [4.78, 5) is 10.5. The molecule has 0 saturated carbocycles. The van der Waals surface area contributed by atoms with Crippen molar-refractivity contribution in [1.82, 2.24) is 5.43 Å². The van der Waals surface area contributed by atoms with Crippen molar-refractivity contribution in [2.75, 3.05) is 7.11 Å². The lowest BCUT2D eigenvalue weighted by Gasteiger charge is -2.21. The normalized spacial score (nSPS) is 11.6. The van der Waals surface area contributed by atoms with Crippen LogP contribution in [0.5, 0.6) is 11.5 Å². The second-order valence-electron chi connectivity index (χ2n) is 5.10. The SMILES string of the molecule is COc1cc(C(C)(C)C)cc(C=NNC(N)=O)c1O. The standard InChI is InChI=1S/C13H19N3O3/c1-13(2,3)9-5-8(7-15-16-12(14)18)11(17)10(6-9)19-4/h5-7,17H,1-4H3,(H3,14,16,18).